The van der Waals surface area contributed by atoms with Gasteiger partial charge in [-0.2, -0.15) is 13.2 Å². The Morgan fingerprint density at radius 3 is 2.56 bits per heavy atom. The van der Waals surface area contributed by atoms with Crippen LogP contribution in [-0.4, -0.2) is 48.4 Å². The van der Waals surface area contributed by atoms with Crippen molar-refractivity contribution < 1.29 is 18.0 Å². The fraction of sp³-hybridized carbons (Fsp3) is 0.611. The minimum absolute atomic E-state index is 0.182. The molecular formula is C18H26F3N3O. The molecule has 0 aliphatic carbocycles. The molecule has 0 aromatic heterocycles. The molecule has 4 nitrogen and oxygen atoms in total. The molecule has 1 amide bonds. The van der Waals surface area contributed by atoms with E-state index < -0.39 is 11.7 Å². The highest BCUT2D eigenvalue weighted by Gasteiger charge is 2.34. The minimum Gasteiger partial charge on any atom is -0.326 e. The number of rotatable bonds is 4. The molecule has 0 bridgehead atoms. The summed E-state index contributed by atoms with van der Waals surface area (Å²) < 4.78 is 40.4. The fourth-order valence-corrected chi connectivity index (χ4v) is 2.85. The van der Waals surface area contributed by atoms with Crippen molar-refractivity contribution in [1.82, 2.24) is 9.80 Å². The Balaban J connectivity index is 2.21. The van der Waals surface area contributed by atoms with Crippen LogP contribution in [0.1, 0.15) is 31.9 Å². The van der Waals surface area contributed by atoms with Crippen molar-refractivity contribution in [2.45, 2.75) is 39.5 Å². The molecule has 1 aromatic rings. The van der Waals surface area contributed by atoms with E-state index in [-0.39, 0.29) is 29.6 Å². The summed E-state index contributed by atoms with van der Waals surface area (Å²) in [5, 5.41) is 2.54. The molecule has 1 atom stereocenters. The molecule has 1 heterocycles. The summed E-state index contributed by atoms with van der Waals surface area (Å²) in [7, 11) is 2.02. The zero-order valence-electron chi connectivity index (χ0n) is 15.2. The lowest BCUT2D eigenvalue weighted by molar-refractivity contribution is -0.138. The summed E-state index contributed by atoms with van der Waals surface area (Å²) in [6, 6.07) is 4.37. The number of benzene rings is 1. The number of alkyl halides is 3. The summed E-state index contributed by atoms with van der Waals surface area (Å²) in [6.07, 6.45) is -4.45. The third-order valence-corrected chi connectivity index (χ3v) is 4.64. The average Bonchev–Trinajstić information content (AvgIpc) is 2.51. The second kappa shape index (κ2) is 7.74. The Morgan fingerprint density at radius 1 is 1.32 bits per heavy atom. The number of hydrogen-bond acceptors (Lipinski definition) is 3. The predicted octanol–water partition coefficient (Wildman–Crippen LogP) is 3.44. The molecule has 1 aliphatic heterocycles. The van der Waals surface area contributed by atoms with Gasteiger partial charge in [-0.1, -0.05) is 19.9 Å². The van der Waals surface area contributed by atoms with Crippen LogP contribution in [0.15, 0.2) is 18.2 Å². The number of nitrogens with one attached hydrogen (secondary N) is 1. The largest absolute Gasteiger partial charge is 0.416 e. The Hall–Kier alpha value is -1.60. The number of nitrogens with zero attached hydrogens (tertiary/aromatic N) is 2. The van der Waals surface area contributed by atoms with E-state index in [0.717, 1.165) is 25.7 Å². The van der Waals surface area contributed by atoms with E-state index in [2.05, 4.69) is 17.1 Å². The molecule has 140 valence electrons. The van der Waals surface area contributed by atoms with Crippen LogP contribution in [0, 0.1) is 5.92 Å². The van der Waals surface area contributed by atoms with Gasteiger partial charge in [0.25, 0.3) is 0 Å². The van der Waals surface area contributed by atoms with Crippen LogP contribution in [0.3, 0.4) is 0 Å². The SMILES string of the molecule is CC(C)C(=O)Nc1ccc(CN2CCN(C)[C@@H](C)C2)c(C(F)(F)F)c1. The molecule has 0 unspecified atom stereocenters. The molecule has 1 saturated heterocycles. The number of halogens is 3. The molecule has 0 spiro atoms. The van der Waals surface area contributed by atoms with E-state index in [1.807, 2.05) is 11.9 Å². The van der Waals surface area contributed by atoms with E-state index in [1.54, 1.807) is 19.9 Å². The van der Waals surface area contributed by atoms with E-state index in [0.29, 0.717) is 6.04 Å². The summed E-state index contributed by atoms with van der Waals surface area (Å²) >= 11 is 0. The van der Waals surface area contributed by atoms with Crippen LogP contribution < -0.4 is 5.32 Å². The van der Waals surface area contributed by atoms with Crippen molar-refractivity contribution in [2.75, 3.05) is 32.0 Å². The number of piperazine rings is 1. The number of hydrogen-bond donors (Lipinski definition) is 1. The highest BCUT2D eigenvalue weighted by Crippen LogP contribution is 2.34. The highest BCUT2D eigenvalue weighted by atomic mass is 19.4. The zero-order valence-corrected chi connectivity index (χ0v) is 15.2. The maximum absolute atomic E-state index is 13.5. The van der Waals surface area contributed by atoms with E-state index in [9.17, 15) is 18.0 Å². The van der Waals surface area contributed by atoms with Gasteiger partial charge in [0.15, 0.2) is 0 Å². The Labute approximate surface area is 147 Å². The number of carbonyl (C=O) groups is 1. The summed E-state index contributed by atoms with van der Waals surface area (Å²) in [6.45, 7) is 8.04. The van der Waals surface area contributed by atoms with Gasteiger partial charge in [-0.05, 0) is 31.7 Å². The van der Waals surface area contributed by atoms with Gasteiger partial charge in [-0.15, -0.1) is 0 Å². The van der Waals surface area contributed by atoms with Crippen molar-refractivity contribution in [3.8, 4) is 0 Å². The first-order chi connectivity index (χ1) is 11.6. The standard InChI is InChI=1S/C18H26F3N3O/c1-12(2)17(25)22-15-6-5-14(16(9-15)18(19,20)21)11-24-8-7-23(4)13(3)10-24/h5-6,9,12-13H,7-8,10-11H2,1-4H3,(H,22,25)/t13-/m0/s1. The minimum atomic E-state index is -4.45. The van der Waals surface area contributed by atoms with Gasteiger partial charge < -0.3 is 10.2 Å². The number of amides is 1. The maximum Gasteiger partial charge on any atom is 0.416 e. The van der Waals surface area contributed by atoms with Crippen molar-refractivity contribution in [3.05, 3.63) is 29.3 Å². The lowest BCUT2D eigenvalue weighted by atomic mass is 10.0. The van der Waals surface area contributed by atoms with Crippen LogP contribution in [0.2, 0.25) is 0 Å². The smallest absolute Gasteiger partial charge is 0.326 e. The average molecular weight is 357 g/mol. The number of carbonyl (C=O) groups excluding carboxylic acids is 1. The molecule has 1 N–H and O–H groups in total. The normalized spacial score (nSPS) is 20.1. The van der Waals surface area contributed by atoms with Gasteiger partial charge >= 0.3 is 6.18 Å². The van der Waals surface area contributed by atoms with Crippen molar-refractivity contribution >= 4 is 11.6 Å². The fourth-order valence-electron chi connectivity index (χ4n) is 2.85. The molecule has 7 heteroatoms. The van der Waals surface area contributed by atoms with Crippen LogP contribution in [0.25, 0.3) is 0 Å². The van der Waals surface area contributed by atoms with Crippen LogP contribution in [-0.2, 0) is 17.5 Å². The molecule has 1 fully saturated rings. The molecule has 1 aliphatic rings. The second-order valence-corrected chi connectivity index (χ2v) is 7.08. The zero-order chi connectivity index (χ0) is 18.8. The third kappa shape index (κ3) is 5.19. The lowest BCUT2D eigenvalue weighted by Crippen LogP contribution is -2.49. The topological polar surface area (TPSA) is 35.6 Å². The molecule has 0 radical (unpaired) electrons. The predicted molar refractivity (Wildman–Crippen MR) is 92.3 cm³/mol. The first-order valence-corrected chi connectivity index (χ1v) is 8.51. The number of likely N-dealkylation sites (N-methyl/N-ethyl adjacent to an activating group) is 1. The molecule has 2 rings (SSSR count). The summed E-state index contributed by atoms with van der Waals surface area (Å²) in [5.41, 5.74) is -0.256. The van der Waals surface area contributed by atoms with E-state index in [4.69, 9.17) is 0 Å². The van der Waals surface area contributed by atoms with Crippen LogP contribution in [0.5, 0.6) is 0 Å². The number of anilines is 1. The van der Waals surface area contributed by atoms with Gasteiger partial charge in [0, 0.05) is 43.8 Å². The van der Waals surface area contributed by atoms with Crippen LogP contribution >= 0.6 is 0 Å². The Bertz CT molecular complexity index is 616. The van der Waals surface area contributed by atoms with E-state index in [1.165, 1.54) is 6.07 Å². The highest BCUT2D eigenvalue weighted by molar-refractivity contribution is 5.92. The summed E-state index contributed by atoms with van der Waals surface area (Å²) in [4.78, 5) is 16.0. The quantitative estimate of drug-likeness (QED) is 0.897. The van der Waals surface area contributed by atoms with Crippen LogP contribution in [0.4, 0.5) is 18.9 Å². The van der Waals surface area contributed by atoms with Crippen molar-refractivity contribution in [3.63, 3.8) is 0 Å². The van der Waals surface area contributed by atoms with E-state index >= 15 is 0 Å². The third-order valence-electron chi connectivity index (χ3n) is 4.64. The Morgan fingerprint density at radius 2 is 2.00 bits per heavy atom. The monoisotopic (exact) mass is 357 g/mol. The van der Waals surface area contributed by atoms with Gasteiger partial charge in [0.05, 0.1) is 5.56 Å². The van der Waals surface area contributed by atoms with Crippen molar-refractivity contribution in [1.29, 1.82) is 0 Å². The summed E-state index contributed by atoms with van der Waals surface area (Å²) in [5.74, 6) is -0.588. The second-order valence-electron chi connectivity index (χ2n) is 7.08. The first-order valence-electron chi connectivity index (χ1n) is 8.51. The van der Waals surface area contributed by atoms with Gasteiger partial charge in [0.2, 0.25) is 5.91 Å². The molecule has 1 aromatic carbocycles. The van der Waals surface area contributed by atoms with Gasteiger partial charge in [-0.25, -0.2) is 0 Å². The van der Waals surface area contributed by atoms with Gasteiger partial charge in [-0.3, -0.25) is 9.69 Å². The maximum atomic E-state index is 13.5. The first kappa shape index (κ1) is 19.7. The van der Waals surface area contributed by atoms with Gasteiger partial charge in [0.1, 0.15) is 0 Å². The molecule has 0 saturated carbocycles. The molecular weight excluding hydrogens is 331 g/mol. The van der Waals surface area contributed by atoms with Crippen molar-refractivity contribution in [2.24, 2.45) is 5.92 Å². The lowest BCUT2D eigenvalue weighted by Gasteiger charge is -2.38. The molecule has 25 heavy (non-hydrogen) atoms. The Kier molecular flexibility index (Phi) is 6.11.